The topological polar surface area (TPSA) is 148 Å². The maximum Gasteiger partial charge on any atom is 0.261 e. The minimum absolute atomic E-state index is 0.00991. The third-order valence-electron chi connectivity index (χ3n) is 10.4. The molecule has 3 aromatic rings. The van der Waals surface area contributed by atoms with Gasteiger partial charge in [-0.15, -0.1) is 0 Å². The van der Waals surface area contributed by atoms with Gasteiger partial charge in [-0.3, -0.25) is 14.4 Å². The molecule has 2 aliphatic heterocycles. The smallest absolute Gasteiger partial charge is 0.261 e. The number of aliphatic hydroxyl groups excluding tert-OH is 1. The van der Waals surface area contributed by atoms with Crippen molar-refractivity contribution in [3.8, 4) is 11.5 Å². The van der Waals surface area contributed by atoms with Crippen molar-refractivity contribution >= 4 is 27.3 Å². The molecule has 0 aromatic heterocycles. The highest BCUT2D eigenvalue weighted by Crippen LogP contribution is 2.63. The van der Waals surface area contributed by atoms with Gasteiger partial charge < -0.3 is 25.4 Å². The van der Waals surface area contributed by atoms with Gasteiger partial charge in [-0.2, -0.15) is 0 Å². The van der Waals surface area contributed by atoms with Crippen LogP contribution in [0.4, 0.5) is 11.4 Å². The molecule has 10 nitrogen and oxygen atoms in total. The molecule has 2 bridgehead atoms. The van der Waals surface area contributed by atoms with Crippen LogP contribution in [0.1, 0.15) is 49.8 Å². The first-order chi connectivity index (χ1) is 21.8. The van der Waals surface area contributed by atoms with Crippen molar-refractivity contribution in [2.24, 2.45) is 5.92 Å². The number of aromatic hydroxyl groups is 1. The Morgan fingerprint density at radius 2 is 1.72 bits per heavy atom. The number of hydrogen-bond donors (Lipinski definition) is 5. The van der Waals surface area contributed by atoms with Gasteiger partial charge in [0.25, 0.3) is 15.9 Å². The number of carbonyl (C=O) groups is 1. The number of sulfonamides is 1. The lowest BCUT2D eigenvalue weighted by Gasteiger charge is -2.59. The van der Waals surface area contributed by atoms with E-state index in [4.69, 9.17) is 4.74 Å². The Labute approximate surface area is 268 Å². The second-order valence-electron chi connectivity index (χ2n) is 13.4. The Bertz CT molecular complexity index is 1850. The Kier molecular flexibility index (Phi) is 7.15. The molecule has 0 unspecified atom stereocenters. The summed E-state index contributed by atoms with van der Waals surface area (Å²) in [6.45, 7) is 6.78. The zero-order valence-corrected chi connectivity index (χ0v) is 26.9. The van der Waals surface area contributed by atoms with Crippen molar-refractivity contribution in [2.45, 2.75) is 74.5 Å². The summed E-state index contributed by atoms with van der Waals surface area (Å²) in [6, 6.07) is 16.0. The number of nitrogens with one attached hydrogen (secondary N) is 2. The number of aliphatic hydroxyl groups is 2. The number of phenols is 1. The monoisotopic (exact) mass is 645 g/mol. The second-order valence-corrected chi connectivity index (χ2v) is 15.1. The fraction of sp³-hybridized carbons (Fsp3) is 0.400. The predicted molar refractivity (Wildman–Crippen MR) is 174 cm³/mol. The number of aryl methyl sites for hydroxylation is 1. The molecule has 1 spiro atoms. The van der Waals surface area contributed by atoms with Gasteiger partial charge in [-0.25, -0.2) is 8.42 Å². The fourth-order valence-electron chi connectivity index (χ4n) is 7.66. The zero-order chi connectivity index (χ0) is 32.6. The van der Waals surface area contributed by atoms with Gasteiger partial charge in [0.1, 0.15) is 5.76 Å². The van der Waals surface area contributed by atoms with E-state index in [2.05, 4.69) is 14.9 Å². The SMILES string of the molecule is C/C(C(=O)Nc1ccc(NS(=O)(=O)c2ccc(C)cc2)cc1)=C(/O)[C@@H]1Oc2c(O)ccc3c2[C@@]12CCN(CC1CC1)[C@H](C3)[C@@]2(C)O. The summed E-state index contributed by atoms with van der Waals surface area (Å²) in [5.41, 5.74) is 0.975. The van der Waals surface area contributed by atoms with E-state index in [1.807, 2.05) is 13.0 Å². The summed E-state index contributed by atoms with van der Waals surface area (Å²) in [4.78, 5) is 15.9. The zero-order valence-electron chi connectivity index (χ0n) is 26.1. The summed E-state index contributed by atoms with van der Waals surface area (Å²) >= 11 is 0. The van der Waals surface area contributed by atoms with E-state index in [1.54, 1.807) is 37.3 Å². The van der Waals surface area contributed by atoms with E-state index in [0.29, 0.717) is 42.2 Å². The van der Waals surface area contributed by atoms with E-state index in [-0.39, 0.29) is 33.8 Å². The number of ether oxygens (including phenoxy) is 1. The summed E-state index contributed by atoms with van der Waals surface area (Å²) in [6.07, 6.45) is 2.39. The Morgan fingerprint density at radius 3 is 2.39 bits per heavy atom. The first-order valence-electron chi connectivity index (χ1n) is 15.7. The van der Waals surface area contributed by atoms with Crippen molar-refractivity contribution in [1.82, 2.24) is 4.90 Å². The number of likely N-dealkylation sites (tertiary alicyclic amines) is 1. The summed E-state index contributed by atoms with van der Waals surface area (Å²) in [5.74, 6) is -0.0651. The molecule has 2 heterocycles. The van der Waals surface area contributed by atoms with Gasteiger partial charge >= 0.3 is 0 Å². The summed E-state index contributed by atoms with van der Waals surface area (Å²) in [5, 5.41) is 37.6. The van der Waals surface area contributed by atoms with Crippen molar-refractivity contribution in [3.63, 3.8) is 0 Å². The van der Waals surface area contributed by atoms with Crippen molar-refractivity contribution in [2.75, 3.05) is 23.1 Å². The molecular weight excluding hydrogens is 606 g/mol. The van der Waals surface area contributed by atoms with Crippen LogP contribution in [0.2, 0.25) is 0 Å². The summed E-state index contributed by atoms with van der Waals surface area (Å²) in [7, 11) is -3.79. The molecule has 242 valence electrons. The van der Waals surface area contributed by atoms with E-state index >= 15 is 0 Å². The Balaban J connectivity index is 1.14. The van der Waals surface area contributed by atoms with Crippen molar-refractivity contribution in [1.29, 1.82) is 0 Å². The minimum atomic E-state index is -3.79. The van der Waals surface area contributed by atoms with Crippen LogP contribution >= 0.6 is 0 Å². The predicted octanol–water partition coefficient (Wildman–Crippen LogP) is 4.76. The van der Waals surface area contributed by atoms with Crippen LogP contribution in [0.15, 0.2) is 76.9 Å². The number of anilines is 2. The van der Waals surface area contributed by atoms with Gasteiger partial charge in [-0.1, -0.05) is 23.8 Å². The number of benzene rings is 3. The molecule has 1 saturated heterocycles. The van der Waals surface area contributed by atoms with Crippen LogP contribution < -0.4 is 14.8 Å². The number of piperidine rings is 1. The quantitative estimate of drug-likeness (QED) is 0.174. The maximum absolute atomic E-state index is 13.4. The minimum Gasteiger partial charge on any atom is -0.508 e. The molecule has 3 aromatic carbocycles. The molecule has 46 heavy (non-hydrogen) atoms. The summed E-state index contributed by atoms with van der Waals surface area (Å²) < 4.78 is 34.4. The number of nitrogens with zero attached hydrogens (tertiary/aromatic N) is 1. The molecule has 0 radical (unpaired) electrons. The third-order valence-corrected chi connectivity index (χ3v) is 11.8. The molecule has 1 amide bonds. The van der Waals surface area contributed by atoms with Crippen LogP contribution in [-0.4, -0.2) is 65.4 Å². The van der Waals surface area contributed by atoms with Crippen LogP contribution in [0.25, 0.3) is 0 Å². The van der Waals surface area contributed by atoms with Gasteiger partial charge in [0.2, 0.25) is 0 Å². The Morgan fingerprint density at radius 1 is 1.04 bits per heavy atom. The van der Waals surface area contributed by atoms with Gasteiger partial charge in [0.05, 0.1) is 21.5 Å². The largest absolute Gasteiger partial charge is 0.508 e. The lowest BCUT2D eigenvalue weighted by Crippen LogP contribution is -2.73. The molecule has 11 heteroatoms. The number of rotatable bonds is 8. The van der Waals surface area contributed by atoms with Crippen molar-refractivity contribution in [3.05, 3.63) is 88.7 Å². The van der Waals surface area contributed by atoms with E-state index in [0.717, 1.165) is 17.7 Å². The average Bonchev–Trinajstić information content (AvgIpc) is 3.76. The molecule has 4 atom stereocenters. The highest BCUT2D eigenvalue weighted by Gasteiger charge is 2.69. The average molecular weight is 646 g/mol. The lowest BCUT2D eigenvalue weighted by molar-refractivity contribution is -0.153. The number of hydrogen-bond acceptors (Lipinski definition) is 8. The van der Waals surface area contributed by atoms with E-state index < -0.39 is 33.1 Å². The highest BCUT2D eigenvalue weighted by atomic mass is 32.2. The van der Waals surface area contributed by atoms with Crippen LogP contribution in [0, 0.1) is 12.8 Å². The van der Waals surface area contributed by atoms with Crippen LogP contribution in [-0.2, 0) is 26.7 Å². The maximum atomic E-state index is 13.4. The Hall–Kier alpha value is -4.06. The van der Waals surface area contributed by atoms with Crippen LogP contribution in [0.3, 0.4) is 0 Å². The molecule has 2 aliphatic carbocycles. The molecule has 7 rings (SSSR count). The second kappa shape index (κ2) is 10.8. The first-order valence-corrected chi connectivity index (χ1v) is 17.2. The third kappa shape index (κ3) is 4.83. The fourth-order valence-corrected chi connectivity index (χ4v) is 8.72. The van der Waals surface area contributed by atoms with Crippen molar-refractivity contribution < 1.29 is 33.3 Å². The molecule has 2 fully saturated rings. The molecule has 4 aliphatic rings. The van der Waals surface area contributed by atoms with E-state index in [9.17, 15) is 28.5 Å². The molecular formula is C35H39N3O7S. The molecule has 5 N–H and O–H groups in total. The van der Waals surface area contributed by atoms with Gasteiger partial charge in [0, 0.05) is 29.5 Å². The number of carbonyl (C=O) groups excluding carboxylic acids is 1. The van der Waals surface area contributed by atoms with E-state index in [1.165, 1.54) is 44.0 Å². The lowest BCUT2D eigenvalue weighted by atomic mass is 9.53. The molecule has 1 saturated carbocycles. The normalized spacial score (nSPS) is 27.3. The van der Waals surface area contributed by atoms with Crippen LogP contribution in [0.5, 0.6) is 11.5 Å². The standard InChI is InChI=1S/C35H39N3O7S/c1-20-4-13-26(14-5-20)46(43,44)37-25-11-9-24(10-12-25)36-33(41)21(2)30(40)32-35-16-17-38(19-22-6-7-22)28(34(35,3)42)18-23-8-15-27(39)31(45-32)29(23)35/h4-5,8-15,22,28,32,37,39-40,42H,6-7,16-19H2,1-3H3,(H,36,41)/b30-21-/t28-,32+,34-,35+/m1/s1. The highest BCUT2D eigenvalue weighted by molar-refractivity contribution is 7.92. The number of fused-ring (bicyclic) bond motifs is 1. The van der Waals surface area contributed by atoms with Gasteiger partial charge in [0.15, 0.2) is 17.6 Å². The van der Waals surface area contributed by atoms with Gasteiger partial charge in [-0.05, 0) is 107 Å². The number of phenolic OH excluding ortho intramolecular Hbond substituents is 1. The number of amides is 1. The first kappa shape index (κ1) is 30.6.